The molecule has 0 N–H and O–H groups in total. The van der Waals surface area contributed by atoms with Crippen molar-refractivity contribution in [2.75, 3.05) is 14.2 Å². The van der Waals surface area contributed by atoms with Crippen LogP contribution in [0.15, 0.2) is 10.7 Å². The highest BCUT2D eigenvalue weighted by atomic mass is 16.5. The number of carbonyl (C=O) groups is 2. The van der Waals surface area contributed by atoms with Crippen molar-refractivity contribution in [3.8, 4) is 0 Å². The predicted molar refractivity (Wildman–Crippen MR) is 46.1 cm³/mol. The van der Waals surface area contributed by atoms with Crippen LogP contribution in [0, 0.1) is 6.92 Å². The molecule has 76 valence electrons. The highest BCUT2D eigenvalue weighted by Gasteiger charge is 2.24. The van der Waals surface area contributed by atoms with E-state index in [1.165, 1.54) is 20.5 Å². The van der Waals surface area contributed by atoms with Crippen molar-refractivity contribution >= 4 is 11.9 Å². The van der Waals surface area contributed by atoms with Crippen molar-refractivity contribution < 1.29 is 23.5 Å². The van der Waals surface area contributed by atoms with Gasteiger partial charge < -0.3 is 13.9 Å². The Labute approximate surface area is 80.6 Å². The van der Waals surface area contributed by atoms with Crippen LogP contribution in [0.4, 0.5) is 0 Å². The molecule has 1 rings (SSSR count). The minimum Gasteiger partial charge on any atom is -0.468 e. The van der Waals surface area contributed by atoms with E-state index in [2.05, 4.69) is 9.47 Å². The summed E-state index contributed by atoms with van der Waals surface area (Å²) in [5.74, 6) is -0.906. The van der Waals surface area contributed by atoms with Gasteiger partial charge in [-0.3, -0.25) is 0 Å². The summed E-state index contributed by atoms with van der Waals surface area (Å²) in [5, 5.41) is 0. The van der Waals surface area contributed by atoms with E-state index < -0.39 is 11.9 Å². The van der Waals surface area contributed by atoms with Crippen molar-refractivity contribution in [2.45, 2.75) is 6.92 Å². The summed E-state index contributed by atoms with van der Waals surface area (Å²) >= 11 is 0. The van der Waals surface area contributed by atoms with Gasteiger partial charge in [0.25, 0.3) is 0 Å². The number of esters is 2. The topological polar surface area (TPSA) is 65.7 Å². The number of rotatable bonds is 2. The highest BCUT2D eigenvalue weighted by Crippen LogP contribution is 2.18. The Morgan fingerprint density at radius 3 is 2.29 bits per heavy atom. The summed E-state index contributed by atoms with van der Waals surface area (Å²) < 4.78 is 13.9. The molecule has 0 aliphatic rings. The molecule has 0 unspecified atom stereocenters. The molecular weight excluding hydrogens is 188 g/mol. The third-order valence-electron chi connectivity index (χ3n) is 1.77. The van der Waals surface area contributed by atoms with E-state index in [4.69, 9.17) is 4.42 Å². The van der Waals surface area contributed by atoms with Gasteiger partial charge in [-0.05, 0) is 6.92 Å². The Bertz CT molecular complexity index is 363. The van der Waals surface area contributed by atoms with Crippen molar-refractivity contribution in [3.63, 3.8) is 0 Å². The molecule has 0 bridgehead atoms. The average Bonchev–Trinajstić information content (AvgIpc) is 2.58. The minimum atomic E-state index is -0.623. The van der Waals surface area contributed by atoms with E-state index in [0.29, 0.717) is 5.76 Å². The highest BCUT2D eigenvalue weighted by molar-refractivity contribution is 6.03. The number of ether oxygens (including phenoxy) is 2. The van der Waals surface area contributed by atoms with E-state index in [-0.39, 0.29) is 11.1 Å². The van der Waals surface area contributed by atoms with Gasteiger partial charge in [-0.15, -0.1) is 0 Å². The summed E-state index contributed by atoms with van der Waals surface area (Å²) in [7, 11) is 2.46. The number of hydrogen-bond acceptors (Lipinski definition) is 5. The third-order valence-corrected chi connectivity index (χ3v) is 1.77. The quantitative estimate of drug-likeness (QED) is 0.667. The van der Waals surface area contributed by atoms with Crippen LogP contribution in [0.5, 0.6) is 0 Å². The summed E-state index contributed by atoms with van der Waals surface area (Å²) in [6, 6.07) is 0. The van der Waals surface area contributed by atoms with E-state index in [0.717, 1.165) is 0 Å². The molecule has 14 heavy (non-hydrogen) atoms. The maximum absolute atomic E-state index is 11.2. The molecule has 0 aliphatic heterocycles. The van der Waals surface area contributed by atoms with Crippen LogP contribution in [-0.4, -0.2) is 26.2 Å². The lowest BCUT2D eigenvalue weighted by atomic mass is 10.1. The number of aryl methyl sites for hydroxylation is 1. The first-order valence-corrected chi connectivity index (χ1v) is 3.86. The van der Waals surface area contributed by atoms with Gasteiger partial charge in [-0.2, -0.15) is 0 Å². The molecule has 1 aromatic rings. The van der Waals surface area contributed by atoms with Gasteiger partial charge in [0.05, 0.1) is 14.2 Å². The number of methoxy groups -OCH3 is 2. The van der Waals surface area contributed by atoms with Crippen molar-refractivity contribution in [3.05, 3.63) is 23.2 Å². The normalized spacial score (nSPS) is 9.64. The third kappa shape index (κ3) is 1.61. The van der Waals surface area contributed by atoms with Crippen LogP contribution < -0.4 is 0 Å². The van der Waals surface area contributed by atoms with E-state index >= 15 is 0 Å². The van der Waals surface area contributed by atoms with Gasteiger partial charge in [0.15, 0.2) is 0 Å². The number of hydrogen-bond donors (Lipinski definition) is 0. The second kappa shape index (κ2) is 3.95. The van der Waals surface area contributed by atoms with Crippen LogP contribution >= 0.6 is 0 Å². The molecule has 0 fully saturated rings. The molecule has 0 aliphatic carbocycles. The molecule has 0 aromatic carbocycles. The van der Waals surface area contributed by atoms with Crippen molar-refractivity contribution in [2.24, 2.45) is 0 Å². The van der Waals surface area contributed by atoms with Crippen LogP contribution in [-0.2, 0) is 9.47 Å². The summed E-state index contributed by atoms with van der Waals surface area (Å²) in [6.07, 6.45) is 1.17. The molecule has 0 amide bonds. The van der Waals surface area contributed by atoms with E-state index in [1.54, 1.807) is 6.92 Å². The standard InChI is InChI=1S/C9H10O5/c1-5-7(9(11)13-3)6(4-14-5)8(10)12-2/h4H,1-3H3. The van der Waals surface area contributed by atoms with Crippen LogP contribution in [0.2, 0.25) is 0 Å². The molecule has 1 aromatic heterocycles. The summed E-state index contributed by atoms with van der Waals surface area (Å²) in [6.45, 7) is 1.57. The second-order valence-corrected chi connectivity index (χ2v) is 2.56. The molecule has 0 spiro atoms. The zero-order chi connectivity index (χ0) is 10.7. The number of furan rings is 1. The first-order valence-electron chi connectivity index (χ1n) is 3.86. The Kier molecular flexibility index (Phi) is 2.91. The lowest BCUT2D eigenvalue weighted by molar-refractivity contribution is 0.0556. The van der Waals surface area contributed by atoms with Gasteiger partial charge >= 0.3 is 11.9 Å². The lowest BCUT2D eigenvalue weighted by Crippen LogP contribution is -2.10. The fourth-order valence-corrected chi connectivity index (χ4v) is 1.07. The van der Waals surface area contributed by atoms with Gasteiger partial charge in [0.1, 0.15) is 23.2 Å². The Balaban J connectivity index is 3.19. The zero-order valence-electron chi connectivity index (χ0n) is 8.12. The smallest absolute Gasteiger partial charge is 0.342 e. The molecule has 5 heteroatoms. The predicted octanol–water partition coefficient (Wildman–Crippen LogP) is 1.16. The van der Waals surface area contributed by atoms with Gasteiger partial charge in [-0.1, -0.05) is 0 Å². The number of carbonyl (C=O) groups excluding carboxylic acids is 2. The summed E-state index contributed by atoms with van der Waals surface area (Å²) in [4.78, 5) is 22.4. The Morgan fingerprint density at radius 2 is 1.79 bits per heavy atom. The lowest BCUT2D eigenvalue weighted by Gasteiger charge is -1.99. The molecular formula is C9H10O5. The fourth-order valence-electron chi connectivity index (χ4n) is 1.07. The van der Waals surface area contributed by atoms with Crippen LogP contribution in [0.25, 0.3) is 0 Å². The molecule has 0 atom stereocenters. The molecule has 1 heterocycles. The van der Waals surface area contributed by atoms with Crippen LogP contribution in [0.1, 0.15) is 26.5 Å². The van der Waals surface area contributed by atoms with Gasteiger partial charge in [0, 0.05) is 0 Å². The molecule has 5 nitrogen and oxygen atoms in total. The van der Waals surface area contributed by atoms with Crippen LogP contribution in [0.3, 0.4) is 0 Å². The Morgan fingerprint density at radius 1 is 1.21 bits per heavy atom. The molecule has 0 saturated heterocycles. The summed E-state index contributed by atoms with van der Waals surface area (Å²) in [5.41, 5.74) is 0.191. The van der Waals surface area contributed by atoms with Crippen molar-refractivity contribution in [1.29, 1.82) is 0 Å². The molecule has 0 saturated carbocycles. The zero-order valence-corrected chi connectivity index (χ0v) is 8.12. The SMILES string of the molecule is COC(=O)c1coc(C)c1C(=O)OC. The fraction of sp³-hybridized carbons (Fsp3) is 0.333. The first kappa shape index (κ1) is 10.3. The van der Waals surface area contributed by atoms with E-state index in [9.17, 15) is 9.59 Å². The maximum atomic E-state index is 11.2. The minimum absolute atomic E-state index is 0.0804. The maximum Gasteiger partial charge on any atom is 0.342 e. The Hall–Kier alpha value is -1.78. The van der Waals surface area contributed by atoms with E-state index in [1.807, 2.05) is 0 Å². The van der Waals surface area contributed by atoms with Gasteiger partial charge in [0.2, 0.25) is 0 Å². The molecule has 0 radical (unpaired) electrons. The monoisotopic (exact) mass is 198 g/mol. The first-order chi connectivity index (χ1) is 6.61. The van der Waals surface area contributed by atoms with Crippen molar-refractivity contribution in [1.82, 2.24) is 0 Å². The largest absolute Gasteiger partial charge is 0.468 e. The second-order valence-electron chi connectivity index (χ2n) is 2.56. The van der Waals surface area contributed by atoms with Gasteiger partial charge in [-0.25, -0.2) is 9.59 Å². The average molecular weight is 198 g/mol.